The molecular formula is C16H21NO2. The Hall–Kier alpha value is -1.77. The number of hydrogen-bond acceptors (Lipinski definition) is 2. The highest BCUT2D eigenvalue weighted by molar-refractivity contribution is 5.79. The monoisotopic (exact) mass is 259 g/mol. The fraction of sp³-hybridized carbons (Fsp3) is 0.438. The van der Waals surface area contributed by atoms with Crippen LogP contribution in [0.25, 0.3) is 0 Å². The van der Waals surface area contributed by atoms with E-state index in [-0.39, 0.29) is 11.9 Å². The van der Waals surface area contributed by atoms with Crippen LogP contribution in [0.5, 0.6) is 5.75 Å². The number of likely N-dealkylation sites (tertiary alicyclic amines) is 1. The lowest BCUT2D eigenvalue weighted by Crippen LogP contribution is -2.33. The molecule has 3 heteroatoms. The smallest absolute Gasteiger partial charge is 0.223 e. The molecule has 1 heterocycles. The van der Waals surface area contributed by atoms with Crippen LogP contribution in [0.2, 0.25) is 0 Å². The minimum atomic E-state index is 0.275. The van der Waals surface area contributed by atoms with E-state index in [1.807, 2.05) is 30.0 Å². The van der Waals surface area contributed by atoms with E-state index in [4.69, 9.17) is 4.74 Å². The molecule has 1 saturated heterocycles. The normalized spacial score (nSPS) is 19.4. The van der Waals surface area contributed by atoms with Gasteiger partial charge in [0.1, 0.15) is 5.75 Å². The Morgan fingerprint density at radius 1 is 1.37 bits per heavy atom. The minimum absolute atomic E-state index is 0.275. The van der Waals surface area contributed by atoms with Crippen LogP contribution in [0.15, 0.2) is 36.4 Å². The molecule has 0 radical (unpaired) electrons. The van der Waals surface area contributed by atoms with Gasteiger partial charge in [-0.1, -0.05) is 24.3 Å². The Morgan fingerprint density at radius 3 is 2.74 bits per heavy atom. The van der Waals surface area contributed by atoms with Crippen LogP contribution in [-0.2, 0) is 11.2 Å². The number of hydrogen-bond donors (Lipinski definition) is 0. The molecule has 2 rings (SSSR count). The second kappa shape index (κ2) is 6.41. The first kappa shape index (κ1) is 13.7. The molecule has 1 aliphatic rings. The maximum atomic E-state index is 11.9. The van der Waals surface area contributed by atoms with E-state index in [9.17, 15) is 4.79 Å². The van der Waals surface area contributed by atoms with Gasteiger partial charge >= 0.3 is 0 Å². The molecule has 1 unspecified atom stereocenters. The predicted molar refractivity (Wildman–Crippen MR) is 76.2 cm³/mol. The summed E-state index contributed by atoms with van der Waals surface area (Å²) in [5.41, 5.74) is 1.24. The second-order valence-corrected chi connectivity index (χ2v) is 4.82. The summed E-state index contributed by atoms with van der Waals surface area (Å²) in [6, 6.07) is 8.33. The number of amides is 1. The number of ether oxygens (including phenoxy) is 1. The summed E-state index contributed by atoms with van der Waals surface area (Å²) in [6.45, 7) is 2.80. The van der Waals surface area contributed by atoms with Gasteiger partial charge in [0.2, 0.25) is 5.91 Å². The number of nitrogens with zero attached hydrogens (tertiary/aromatic N) is 1. The maximum absolute atomic E-state index is 11.9. The highest BCUT2D eigenvalue weighted by Gasteiger charge is 2.28. The van der Waals surface area contributed by atoms with Crippen molar-refractivity contribution in [2.75, 3.05) is 13.7 Å². The largest absolute Gasteiger partial charge is 0.497 e. The number of carbonyl (C=O) groups is 1. The first-order valence-corrected chi connectivity index (χ1v) is 6.80. The molecule has 3 nitrogen and oxygen atoms in total. The van der Waals surface area contributed by atoms with Crippen LogP contribution in [0.1, 0.15) is 25.3 Å². The van der Waals surface area contributed by atoms with Crippen molar-refractivity contribution in [1.29, 1.82) is 0 Å². The molecular weight excluding hydrogens is 238 g/mol. The van der Waals surface area contributed by atoms with E-state index < -0.39 is 0 Å². The van der Waals surface area contributed by atoms with Crippen molar-refractivity contribution >= 4 is 5.91 Å². The standard InChI is InChI=1S/C16H21NO2/c1-3-4-14-7-10-16(18)17(14)12-11-13-5-8-15(19-2)9-6-13/h3-6,8-9,14H,7,10-12H2,1-2H3/b4-3+. The summed E-state index contributed by atoms with van der Waals surface area (Å²) >= 11 is 0. The van der Waals surface area contributed by atoms with E-state index in [2.05, 4.69) is 18.2 Å². The SMILES string of the molecule is C/C=C/C1CCC(=O)N1CCc1ccc(OC)cc1. The van der Waals surface area contributed by atoms with Crippen molar-refractivity contribution in [3.8, 4) is 5.75 Å². The van der Waals surface area contributed by atoms with Crippen molar-refractivity contribution in [3.05, 3.63) is 42.0 Å². The van der Waals surface area contributed by atoms with E-state index in [1.54, 1.807) is 7.11 Å². The topological polar surface area (TPSA) is 29.5 Å². The number of benzene rings is 1. The van der Waals surface area contributed by atoms with Gasteiger partial charge in [0.15, 0.2) is 0 Å². The Labute approximate surface area is 114 Å². The van der Waals surface area contributed by atoms with E-state index >= 15 is 0 Å². The van der Waals surface area contributed by atoms with E-state index in [0.717, 1.165) is 25.1 Å². The molecule has 102 valence electrons. The Morgan fingerprint density at radius 2 is 2.11 bits per heavy atom. The number of methoxy groups -OCH3 is 1. The summed E-state index contributed by atoms with van der Waals surface area (Å²) in [4.78, 5) is 13.8. The van der Waals surface area contributed by atoms with Gasteiger partial charge in [-0.3, -0.25) is 4.79 Å². The van der Waals surface area contributed by atoms with Gasteiger partial charge in [-0.15, -0.1) is 0 Å². The highest BCUT2D eigenvalue weighted by Crippen LogP contribution is 2.20. The fourth-order valence-electron chi connectivity index (χ4n) is 2.51. The van der Waals surface area contributed by atoms with Gasteiger partial charge in [0, 0.05) is 13.0 Å². The lowest BCUT2D eigenvalue weighted by Gasteiger charge is -2.22. The molecule has 0 bridgehead atoms. The maximum Gasteiger partial charge on any atom is 0.223 e. The minimum Gasteiger partial charge on any atom is -0.497 e. The van der Waals surface area contributed by atoms with Crippen LogP contribution in [-0.4, -0.2) is 30.5 Å². The van der Waals surface area contributed by atoms with Gasteiger partial charge < -0.3 is 9.64 Å². The average Bonchev–Trinajstić information content (AvgIpc) is 2.78. The molecule has 0 N–H and O–H groups in total. The van der Waals surface area contributed by atoms with Gasteiger partial charge in [-0.2, -0.15) is 0 Å². The van der Waals surface area contributed by atoms with Crippen LogP contribution in [0.4, 0.5) is 0 Å². The van der Waals surface area contributed by atoms with E-state index in [1.165, 1.54) is 5.56 Å². The Kier molecular flexibility index (Phi) is 4.61. The number of rotatable bonds is 5. The summed E-state index contributed by atoms with van der Waals surface area (Å²) < 4.78 is 5.14. The summed E-state index contributed by atoms with van der Waals surface area (Å²) in [5.74, 6) is 1.14. The molecule has 19 heavy (non-hydrogen) atoms. The summed E-state index contributed by atoms with van der Waals surface area (Å²) in [6.07, 6.45) is 6.68. The van der Waals surface area contributed by atoms with Crippen LogP contribution in [0, 0.1) is 0 Å². The molecule has 0 spiro atoms. The molecule has 1 aromatic carbocycles. The van der Waals surface area contributed by atoms with Crippen LogP contribution >= 0.6 is 0 Å². The molecule has 1 aromatic rings. The van der Waals surface area contributed by atoms with Gasteiger partial charge in [0.05, 0.1) is 13.2 Å². The third-order valence-electron chi connectivity index (χ3n) is 3.59. The third-order valence-corrected chi connectivity index (χ3v) is 3.59. The lowest BCUT2D eigenvalue weighted by atomic mass is 10.1. The Bertz CT molecular complexity index is 450. The molecule has 1 amide bonds. The molecule has 1 atom stereocenters. The fourth-order valence-corrected chi connectivity index (χ4v) is 2.51. The van der Waals surface area contributed by atoms with Crippen LogP contribution < -0.4 is 4.74 Å². The van der Waals surface area contributed by atoms with Gasteiger partial charge in [0.25, 0.3) is 0 Å². The number of allylic oxidation sites excluding steroid dienone is 1. The van der Waals surface area contributed by atoms with E-state index in [0.29, 0.717) is 6.42 Å². The zero-order chi connectivity index (χ0) is 13.7. The Balaban J connectivity index is 1.94. The summed E-state index contributed by atoms with van der Waals surface area (Å²) in [7, 11) is 1.67. The van der Waals surface area contributed by atoms with Gasteiger partial charge in [-0.05, 0) is 37.5 Å². The zero-order valence-electron chi connectivity index (χ0n) is 11.6. The molecule has 0 saturated carbocycles. The van der Waals surface area contributed by atoms with Crippen molar-refractivity contribution in [2.45, 2.75) is 32.2 Å². The van der Waals surface area contributed by atoms with Crippen LogP contribution in [0.3, 0.4) is 0 Å². The summed E-state index contributed by atoms with van der Waals surface area (Å²) in [5, 5.41) is 0. The lowest BCUT2D eigenvalue weighted by molar-refractivity contribution is -0.128. The third kappa shape index (κ3) is 3.37. The number of carbonyl (C=O) groups excluding carboxylic acids is 1. The average molecular weight is 259 g/mol. The van der Waals surface area contributed by atoms with Crippen molar-refractivity contribution in [1.82, 2.24) is 4.90 Å². The predicted octanol–water partition coefficient (Wildman–Crippen LogP) is 2.80. The molecule has 0 aliphatic carbocycles. The second-order valence-electron chi connectivity index (χ2n) is 4.82. The first-order valence-electron chi connectivity index (χ1n) is 6.80. The molecule has 1 fully saturated rings. The molecule has 1 aliphatic heterocycles. The zero-order valence-corrected chi connectivity index (χ0v) is 11.6. The van der Waals surface area contributed by atoms with Crippen molar-refractivity contribution in [3.63, 3.8) is 0 Å². The van der Waals surface area contributed by atoms with Crippen molar-refractivity contribution in [2.24, 2.45) is 0 Å². The molecule has 0 aromatic heterocycles. The van der Waals surface area contributed by atoms with Crippen molar-refractivity contribution < 1.29 is 9.53 Å². The quantitative estimate of drug-likeness (QED) is 0.761. The van der Waals surface area contributed by atoms with Gasteiger partial charge in [-0.25, -0.2) is 0 Å². The first-order chi connectivity index (χ1) is 9.24. The highest BCUT2D eigenvalue weighted by atomic mass is 16.5.